The second-order valence-corrected chi connectivity index (χ2v) is 11.9. The Kier molecular flexibility index (Phi) is 6.19. The number of hydrogen-bond donors (Lipinski definition) is 1. The molecule has 0 radical (unpaired) electrons. The van der Waals surface area contributed by atoms with Gasteiger partial charge in [0.15, 0.2) is 0 Å². The van der Waals surface area contributed by atoms with Gasteiger partial charge in [0.05, 0.1) is 23.2 Å². The van der Waals surface area contributed by atoms with Crippen LogP contribution in [0.25, 0.3) is 0 Å². The lowest BCUT2D eigenvalue weighted by Crippen LogP contribution is -2.54. The van der Waals surface area contributed by atoms with Crippen LogP contribution in [0, 0.1) is 25.7 Å². The van der Waals surface area contributed by atoms with Crippen molar-refractivity contribution >= 4 is 40.9 Å². The van der Waals surface area contributed by atoms with Crippen LogP contribution in [-0.2, 0) is 14.4 Å². The van der Waals surface area contributed by atoms with Crippen LogP contribution in [0.1, 0.15) is 11.1 Å². The third-order valence-corrected chi connectivity index (χ3v) is 10.0. The minimum absolute atomic E-state index is 0.0479. The van der Waals surface area contributed by atoms with Crippen LogP contribution >= 0.6 is 11.8 Å². The maximum absolute atomic E-state index is 14.4. The minimum atomic E-state index is -0.899. The largest absolute Gasteiger partial charge is 0.395 e. The van der Waals surface area contributed by atoms with E-state index in [1.54, 1.807) is 21.6 Å². The summed E-state index contributed by atoms with van der Waals surface area (Å²) in [5, 5.41) is 9.69. The molecule has 7 nitrogen and oxygen atoms in total. The van der Waals surface area contributed by atoms with Gasteiger partial charge in [-0.2, -0.15) is 0 Å². The van der Waals surface area contributed by atoms with Crippen LogP contribution in [0.2, 0.25) is 0 Å². The number of thioether (sulfide) groups is 1. The highest BCUT2D eigenvalue weighted by molar-refractivity contribution is 8.02. The van der Waals surface area contributed by atoms with Gasteiger partial charge in [-0.25, -0.2) is 0 Å². The molecule has 2 aromatic rings. The normalized spacial score (nSPS) is 30.3. The van der Waals surface area contributed by atoms with Gasteiger partial charge in [-0.3, -0.25) is 14.4 Å². The molecule has 0 aliphatic carbocycles. The third-order valence-electron chi connectivity index (χ3n) is 8.28. The summed E-state index contributed by atoms with van der Waals surface area (Å²) >= 11 is 1.55. The van der Waals surface area contributed by atoms with E-state index in [0.717, 1.165) is 22.5 Å². The number of amides is 3. The topological polar surface area (TPSA) is 81.2 Å². The van der Waals surface area contributed by atoms with E-state index in [1.165, 1.54) is 4.90 Å². The van der Waals surface area contributed by atoms with Crippen molar-refractivity contribution in [3.05, 3.63) is 84.0 Å². The summed E-state index contributed by atoms with van der Waals surface area (Å²) in [5.74, 6) is -1.82. The first-order valence-electron chi connectivity index (χ1n) is 13.1. The highest BCUT2D eigenvalue weighted by Crippen LogP contribution is 2.61. The van der Waals surface area contributed by atoms with E-state index >= 15 is 0 Å². The fourth-order valence-electron chi connectivity index (χ4n) is 6.76. The number of aliphatic hydroxyl groups excluding tert-OH is 1. The van der Waals surface area contributed by atoms with Gasteiger partial charge in [0.1, 0.15) is 6.04 Å². The summed E-state index contributed by atoms with van der Waals surface area (Å²) < 4.78 is -0.899. The third kappa shape index (κ3) is 3.57. The number of hydrogen-bond acceptors (Lipinski definition) is 5. The summed E-state index contributed by atoms with van der Waals surface area (Å²) in [7, 11) is 0. The number of benzene rings is 2. The first-order chi connectivity index (χ1) is 18.4. The maximum Gasteiger partial charge on any atom is 0.251 e. The standard InChI is InChI=1S/C30H31N3O4S/c1-19-9-6-10-20(2)25(19)32-16-8-14-30-24(28(36)33(17-18-34)26(30)29(32)37)23-22(38-30)13-7-15-31(27(23)35)21-11-4-3-5-12-21/h3-14,22-24,26,34H,15-18H2,1-2H3/t22-,23+,24+,26?,30+/m1/s1. The summed E-state index contributed by atoms with van der Waals surface area (Å²) in [6.45, 7) is 4.58. The van der Waals surface area contributed by atoms with Gasteiger partial charge in [0.2, 0.25) is 11.8 Å². The Bertz CT molecular complexity index is 1340. The van der Waals surface area contributed by atoms with Crippen LogP contribution < -0.4 is 9.80 Å². The summed E-state index contributed by atoms with van der Waals surface area (Å²) in [6, 6.07) is 14.6. The molecule has 2 fully saturated rings. The molecule has 5 atom stereocenters. The molecule has 0 saturated carbocycles. The van der Waals surface area contributed by atoms with Gasteiger partial charge >= 0.3 is 0 Å². The van der Waals surface area contributed by atoms with E-state index < -0.39 is 22.6 Å². The van der Waals surface area contributed by atoms with E-state index in [4.69, 9.17) is 0 Å². The number of likely N-dealkylation sites (tertiary alicyclic amines) is 1. The summed E-state index contributed by atoms with van der Waals surface area (Å²) in [4.78, 5) is 47.7. The maximum atomic E-state index is 14.4. The second kappa shape index (κ2) is 9.43. The second-order valence-electron chi connectivity index (χ2n) is 10.4. The van der Waals surface area contributed by atoms with Gasteiger partial charge < -0.3 is 19.8 Å². The fraction of sp³-hybridized carbons (Fsp3) is 0.367. The zero-order valence-electron chi connectivity index (χ0n) is 21.5. The Labute approximate surface area is 226 Å². The molecule has 1 spiro atoms. The van der Waals surface area contributed by atoms with Crippen molar-refractivity contribution in [2.24, 2.45) is 11.8 Å². The molecule has 4 aliphatic rings. The highest BCUT2D eigenvalue weighted by Gasteiger charge is 2.71. The Hall–Kier alpha value is -3.36. The van der Waals surface area contributed by atoms with Crippen molar-refractivity contribution < 1.29 is 19.5 Å². The van der Waals surface area contributed by atoms with E-state index in [9.17, 15) is 19.5 Å². The van der Waals surface area contributed by atoms with Gasteiger partial charge in [-0.15, -0.1) is 11.8 Å². The van der Waals surface area contributed by atoms with Crippen molar-refractivity contribution in [3.8, 4) is 0 Å². The van der Waals surface area contributed by atoms with Gasteiger partial charge in [0, 0.05) is 36.3 Å². The van der Waals surface area contributed by atoms with Crippen LogP contribution in [0.5, 0.6) is 0 Å². The predicted octanol–water partition coefficient (Wildman–Crippen LogP) is 3.10. The SMILES string of the molecule is Cc1cccc(C)c1N1CC=C[C@]23S[C@@H]4C=CCN(c5ccccc5)C(=O)[C@@H]4[C@H]2C(=O)N(CCO)C3C1=O. The monoisotopic (exact) mass is 529 g/mol. The zero-order chi connectivity index (χ0) is 26.6. The fourth-order valence-corrected chi connectivity index (χ4v) is 8.76. The van der Waals surface area contributed by atoms with E-state index in [0.29, 0.717) is 13.1 Å². The molecule has 2 aromatic carbocycles. The molecule has 196 valence electrons. The Morgan fingerprint density at radius 1 is 0.895 bits per heavy atom. The molecule has 1 unspecified atom stereocenters. The molecule has 1 N–H and O–H groups in total. The van der Waals surface area contributed by atoms with E-state index in [2.05, 4.69) is 0 Å². The number of carbonyl (C=O) groups is 3. The minimum Gasteiger partial charge on any atom is -0.395 e. The van der Waals surface area contributed by atoms with Gasteiger partial charge in [0.25, 0.3) is 5.91 Å². The number of nitrogens with zero attached hydrogens (tertiary/aromatic N) is 3. The van der Waals surface area contributed by atoms with Gasteiger partial charge in [-0.1, -0.05) is 60.7 Å². The van der Waals surface area contributed by atoms with E-state index in [-0.39, 0.29) is 36.1 Å². The van der Waals surface area contributed by atoms with E-state index in [1.807, 2.05) is 86.7 Å². The smallest absolute Gasteiger partial charge is 0.251 e. The number of β-amino-alcohol motifs (C(OH)–C–C–N with tert-alkyl or cyclic N) is 1. The zero-order valence-corrected chi connectivity index (χ0v) is 22.3. The lowest BCUT2D eigenvalue weighted by atomic mass is 9.78. The Morgan fingerprint density at radius 3 is 2.32 bits per heavy atom. The summed E-state index contributed by atoms with van der Waals surface area (Å²) in [6.07, 6.45) is 8.02. The molecule has 6 rings (SSSR count). The predicted molar refractivity (Wildman–Crippen MR) is 149 cm³/mol. The van der Waals surface area contributed by atoms with Crippen molar-refractivity contribution in [2.45, 2.75) is 29.9 Å². The summed E-state index contributed by atoms with van der Waals surface area (Å²) in [5.41, 5.74) is 3.61. The van der Waals surface area contributed by atoms with Crippen molar-refractivity contribution in [1.29, 1.82) is 0 Å². The first-order valence-corrected chi connectivity index (χ1v) is 13.9. The highest BCUT2D eigenvalue weighted by atomic mass is 32.2. The molecular weight excluding hydrogens is 498 g/mol. The average Bonchev–Trinajstić information content (AvgIpc) is 3.21. The van der Waals surface area contributed by atoms with Crippen LogP contribution in [-0.4, -0.2) is 70.0 Å². The molecule has 0 aromatic heterocycles. The Morgan fingerprint density at radius 2 is 1.61 bits per heavy atom. The molecule has 38 heavy (non-hydrogen) atoms. The van der Waals surface area contributed by atoms with Crippen LogP contribution in [0.15, 0.2) is 72.8 Å². The lowest BCUT2D eigenvalue weighted by Gasteiger charge is -2.35. The van der Waals surface area contributed by atoms with Crippen LogP contribution in [0.4, 0.5) is 11.4 Å². The van der Waals surface area contributed by atoms with Gasteiger partial charge in [-0.05, 0) is 37.1 Å². The lowest BCUT2D eigenvalue weighted by molar-refractivity contribution is -0.139. The molecule has 3 amide bonds. The number of fused-ring (bicyclic) bond motifs is 2. The first kappa shape index (κ1) is 24.9. The number of aliphatic hydroxyl groups is 1. The number of carbonyl (C=O) groups excluding carboxylic acids is 3. The molecule has 0 bridgehead atoms. The Balaban J connectivity index is 1.45. The van der Waals surface area contributed by atoms with Crippen LogP contribution in [0.3, 0.4) is 0 Å². The number of aryl methyl sites for hydroxylation is 2. The van der Waals surface area contributed by atoms with Crippen molar-refractivity contribution in [2.75, 3.05) is 36.0 Å². The molecule has 4 heterocycles. The average molecular weight is 530 g/mol. The molecule has 2 saturated heterocycles. The molecule has 8 heteroatoms. The number of anilines is 2. The molecule has 4 aliphatic heterocycles. The number of para-hydroxylation sites is 2. The molecular formula is C30H31N3O4S. The van der Waals surface area contributed by atoms with Crippen molar-refractivity contribution in [1.82, 2.24) is 4.90 Å². The number of rotatable bonds is 4. The van der Waals surface area contributed by atoms with Crippen molar-refractivity contribution in [3.63, 3.8) is 0 Å². The quantitative estimate of drug-likeness (QED) is 0.616.